The maximum absolute atomic E-state index is 12.5. The van der Waals surface area contributed by atoms with Gasteiger partial charge < -0.3 is 33.0 Å². The lowest BCUT2D eigenvalue weighted by Crippen LogP contribution is -2.37. The lowest BCUT2D eigenvalue weighted by Gasteiger charge is -2.28. The molecule has 9 nitrogen and oxygen atoms in total. The largest absolute Gasteiger partial charge is 0.756 e. The van der Waals surface area contributed by atoms with Gasteiger partial charge in [-0.1, -0.05) is 119 Å². The Hall–Kier alpha value is -2.26. The number of quaternary nitrogens is 1. The maximum atomic E-state index is 12.5. The van der Waals surface area contributed by atoms with E-state index < -0.39 is 13.9 Å². The van der Waals surface area contributed by atoms with E-state index in [4.69, 9.17) is 23.6 Å². The third-order valence-corrected chi connectivity index (χ3v) is 9.84. The molecule has 0 aromatic rings. The second-order valence-electron chi connectivity index (χ2n) is 15.5. The van der Waals surface area contributed by atoms with Crippen molar-refractivity contribution in [2.24, 2.45) is 0 Å². The number of rotatable bonds is 40. The predicted octanol–water partition coefficient (Wildman–Crippen LogP) is 11.4. The molecule has 0 saturated carbocycles. The van der Waals surface area contributed by atoms with Crippen LogP contribution in [0.5, 0.6) is 0 Å². The lowest BCUT2D eigenvalue weighted by molar-refractivity contribution is -0.870. The summed E-state index contributed by atoms with van der Waals surface area (Å²) in [6.45, 7) is 2.62. The highest BCUT2D eigenvalue weighted by Crippen LogP contribution is 2.38. The topological polar surface area (TPSA) is 114 Å². The van der Waals surface area contributed by atoms with E-state index in [1.54, 1.807) is 6.26 Å². The molecule has 0 radical (unpaired) electrons. The number of hydrogen-bond acceptors (Lipinski definition) is 8. The Morgan fingerprint density at radius 3 is 1.62 bits per heavy atom. The number of unbranched alkanes of at least 4 members (excludes halogenated alkanes) is 15. The van der Waals surface area contributed by atoms with Gasteiger partial charge in [-0.25, -0.2) is 0 Å². The molecule has 1 N–H and O–H groups in total. The smallest absolute Gasteiger partial charge is 0.305 e. The van der Waals surface area contributed by atoms with Crippen LogP contribution in [0.4, 0.5) is 0 Å². The van der Waals surface area contributed by atoms with E-state index in [9.17, 15) is 14.3 Å². The molecule has 1 unspecified atom stereocenters. The molecule has 0 aliphatic heterocycles. The molecule has 0 saturated heterocycles. The molecule has 0 spiro atoms. The van der Waals surface area contributed by atoms with Crippen LogP contribution in [0, 0.1) is 0 Å². The Bertz CT molecular complexity index is 1120. The minimum absolute atomic E-state index is 0.00879. The molecule has 0 amide bonds. The fraction of sp³-hybridized carbons (Fsp3) is 0.717. The van der Waals surface area contributed by atoms with Gasteiger partial charge in [0.25, 0.3) is 7.82 Å². The third kappa shape index (κ3) is 42.9. The van der Waals surface area contributed by atoms with Crippen LogP contribution in [-0.4, -0.2) is 75.8 Å². The summed E-state index contributed by atoms with van der Waals surface area (Å²) in [4.78, 5) is 24.8. The number of aliphatic hydroxyl groups is 1. The Balaban J connectivity index is 4.41. The van der Waals surface area contributed by atoms with E-state index in [1.807, 2.05) is 27.2 Å². The Morgan fingerprint density at radius 2 is 1.09 bits per heavy atom. The van der Waals surface area contributed by atoms with E-state index in [1.165, 1.54) is 57.8 Å². The van der Waals surface area contributed by atoms with Gasteiger partial charge in [0.05, 0.1) is 34.0 Å². The first-order valence-electron chi connectivity index (χ1n) is 21.8. The first-order valence-corrected chi connectivity index (χ1v) is 23.3. The number of ether oxygens (including phenoxy) is 2. The van der Waals surface area contributed by atoms with Gasteiger partial charge in [-0.3, -0.25) is 9.36 Å². The van der Waals surface area contributed by atoms with Gasteiger partial charge >= 0.3 is 5.97 Å². The standard InChI is InChI=1S/C46H82NO8P/c1-5-6-7-8-9-10-11-12-13-19-22-25-28-31-34-37-41-52-45(44-55-56(50,51)54-42-39-47(2,3)4)43-53-46(49)38-35-32-29-26-23-20-17-15-14-16-18-21-24-27-30-33-36-40-48/h12-14,16-17,20-21,24,26,29,37,41,45,48H,5-11,15,18-19,22-23,25,27-28,30-36,38-40,42-44H2,1-4H3/b13-12-,16-14-,20-17-,24-21-,29-26-,41-37+/t45-/m1/s1. The van der Waals surface area contributed by atoms with Crippen LogP contribution in [0.15, 0.2) is 73.1 Å². The van der Waals surface area contributed by atoms with Crippen molar-refractivity contribution in [2.45, 2.75) is 161 Å². The van der Waals surface area contributed by atoms with Crippen LogP contribution >= 0.6 is 7.82 Å². The van der Waals surface area contributed by atoms with Crippen molar-refractivity contribution in [3.05, 3.63) is 73.1 Å². The van der Waals surface area contributed by atoms with Crippen molar-refractivity contribution in [2.75, 3.05) is 54.1 Å². The molecule has 56 heavy (non-hydrogen) atoms. The number of likely N-dealkylation sites (N-methyl/N-ethyl adjacent to an activating group) is 1. The molecule has 0 heterocycles. The zero-order valence-corrected chi connectivity index (χ0v) is 36.9. The molecular formula is C46H82NO8P. The van der Waals surface area contributed by atoms with Gasteiger partial charge in [-0.15, -0.1) is 0 Å². The highest BCUT2D eigenvalue weighted by Gasteiger charge is 2.19. The monoisotopic (exact) mass is 808 g/mol. The van der Waals surface area contributed by atoms with Crippen LogP contribution in [0.2, 0.25) is 0 Å². The second-order valence-corrected chi connectivity index (χ2v) is 16.9. The number of phosphoric ester groups is 1. The minimum Gasteiger partial charge on any atom is -0.756 e. The number of phosphoric acid groups is 1. The average Bonchev–Trinajstić information content (AvgIpc) is 3.15. The van der Waals surface area contributed by atoms with Gasteiger partial charge in [0, 0.05) is 13.0 Å². The quantitative estimate of drug-likeness (QED) is 0.0163. The zero-order chi connectivity index (χ0) is 41.3. The summed E-state index contributed by atoms with van der Waals surface area (Å²) in [5.41, 5.74) is 0. The Labute approximate surface area is 343 Å². The van der Waals surface area contributed by atoms with Crippen LogP contribution in [0.25, 0.3) is 0 Å². The van der Waals surface area contributed by atoms with Crippen molar-refractivity contribution in [1.82, 2.24) is 0 Å². The molecule has 0 aliphatic carbocycles. The summed E-state index contributed by atoms with van der Waals surface area (Å²) in [7, 11) is 1.30. The number of carbonyl (C=O) groups is 1. The first-order chi connectivity index (χ1) is 27.1. The molecule has 10 heteroatoms. The number of aliphatic hydroxyl groups excluding tert-OH is 1. The van der Waals surface area contributed by atoms with Gasteiger partial charge in [0.15, 0.2) is 6.10 Å². The van der Waals surface area contributed by atoms with Crippen LogP contribution in [0.3, 0.4) is 0 Å². The van der Waals surface area contributed by atoms with Crippen molar-refractivity contribution < 1.29 is 42.4 Å². The molecule has 2 atom stereocenters. The highest BCUT2D eigenvalue weighted by atomic mass is 31.2. The van der Waals surface area contributed by atoms with E-state index in [0.717, 1.165) is 77.0 Å². The predicted molar refractivity (Wildman–Crippen MR) is 232 cm³/mol. The maximum Gasteiger partial charge on any atom is 0.305 e. The number of hydrogen-bond donors (Lipinski definition) is 1. The Kier molecular flexibility index (Phi) is 38.0. The van der Waals surface area contributed by atoms with E-state index in [2.05, 4.69) is 67.7 Å². The molecule has 0 aromatic heterocycles. The average molecular weight is 808 g/mol. The number of allylic oxidation sites excluding steroid dienone is 11. The van der Waals surface area contributed by atoms with E-state index in [-0.39, 0.29) is 38.8 Å². The molecule has 324 valence electrons. The minimum atomic E-state index is -4.54. The van der Waals surface area contributed by atoms with E-state index >= 15 is 0 Å². The first kappa shape index (κ1) is 53.7. The van der Waals surface area contributed by atoms with Gasteiger partial charge in [-0.05, 0) is 96.0 Å². The number of carbonyl (C=O) groups excluding carboxylic acids is 1. The van der Waals surface area contributed by atoms with Gasteiger partial charge in [0.1, 0.15) is 19.8 Å². The van der Waals surface area contributed by atoms with Gasteiger partial charge in [-0.2, -0.15) is 0 Å². The van der Waals surface area contributed by atoms with Crippen LogP contribution < -0.4 is 4.89 Å². The SMILES string of the molecule is CCCCCCCC/C=C\CCCCCC/C=C/O[C@H](COC(=O)CCC/C=C\C/C=C\C/C=C\C/C=C\CCCCCO)COP(=O)([O-])OCC[N+](C)(C)C. The molecule has 0 fully saturated rings. The van der Waals surface area contributed by atoms with Crippen molar-refractivity contribution in [3.8, 4) is 0 Å². The summed E-state index contributed by atoms with van der Waals surface area (Å²) >= 11 is 0. The zero-order valence-electron chi connectivity index (χ0n) is 36.0. The molecule has 0 rings (SSSR count). The van der Waals surface area contributed by atoms with Crippen molar-refractivity contribution in [3.63, 3.8) is 0 Å². The van der Waals surface area contributed by atoms with Crippen LogP contribution in [-0.2, 0) is 27.9 Å². The fourth-order valence-corrected chi connectivity index (χ4v) is 6.11. The van der Waals surface area contributed by atoms with E-state index in [0.29, 0.717) is 17.4 Å². The van der Waals surface area contributed by atoms with Crippen molar-refractivity contribution in [1.29, 1.82) is 0 Å². The van der Waals surface area contributed by atoms with Crippen LogP contribution in [0.1, 0.15) is 155 Å². The Morgan fingerprint density at radius 1 is 0.625 bits per heavy atom. The third-order valence-electron chi connectivity index (χ3n) is 8.87. The molecular weight excluding hydrogens is 725 g/mol. The summed E-state index contributed by atoms with van der Waals surface area (Å²) in [5.74, 6) is -0.360. The van der Waals surface area contributed by atoms with Crippen molar-refractivity contribution >= 4 is 13.8 Å². The molecule has 0 bridgehead atoms. The number of nitrogens with zero attached hydrogens (tertiary/aromatic N) is 1. The van der Waals surface area contributed by atoms with Gasteiger partial charge in [0.2, 0.25) is 0 Å². The highest BCUT2D eigenvalue weighted by molar-refractivity contribution is 7.45. The summed E-state index contributed by atoms with van der Waals surface area (Å²) in [6.07, 6.45) is 48.9. The summed E-state index contributed by atoms with van der Waals surface area (Å²) in [5, 5.41) is 8.80. The molecule has 0 aromatic carbocycles. The summed E-state index contributed by atoms with van der Waals surface area (Å²) < 4.78 is 34.2. The normalized spacial score (nSPS) is 14.4. The number of esters is 1. The second kappa shape index (κ2) is 39.6. The fourth-order valence-electron chi connectivity index (χ4n) is 5.38. The summed E-state index contributed by atoms with van der Waals surface area (Å²) in [6, 6.07) is 0. The lowest BCUT2D eigenvalue weighted by atomic mass is 10.1. The molecule has 0 aliphatic rings.